The molecule has 0 saturated carbocycles. The summed E-state index contributed by atoms with van der Waals surface area (Å²) >= 11 is 1.71. The maximum atomic E-state index is 11.3. The third kappa shape index (κ3) is 4.23. The molecule has 0 spiro atoms. The van der Waals surface area contributed by atoms with Gasteiger partial charge in [0.25, 0.3) is 0 Å². The van der Waals surface area contributed by atoms with Gasteiger partial charge in [-0.15, -0.1) is 11.3 Å². The molecule has 0 aliphatic rings. The van der Waals surface area contributed by atoms with E-state index in [-0.39, 0.29) is 17.5 Å². The molecule has 1 atom stereocenters. The van der Waals surface area contributed by atoms with Crippen LogP contribution >= 0.6 is 11.3 Å². The lowest BCUT2D eigenvalue weighted by Gasteiger charge is -2.15. The van der Waals surface area contributed by atoms with E-state index in [1.807, 2.05) is 11.4 Å². The Morgan fingerprint density at radius 3 is 2.69 bits per heavy atom. The number of hydrogen-bond acceptors (Lipinski definition) is 4. The number of sulfone groups is 1. The second-order valence-corrected chi connectivity index (χ2v) is 7.12. The highest BCUT2D eigenvalue weighted by atomic mass is 32.2. The van der Waals surface area contributed by atoms with Gasteiger partial charge in [0.15, 0.2) is 9.84 Å². The van der Waals surface area contributed by atoms with E-state index in [9.17, 15) is 8.42 Å². The second kappa shape index (κ2) is 6.37. The predicted molar refractivity (Wildman–Crippen MR) is 69.7 cm³/mol. The highest BCUT2D eigenvalue weighted by Gasteiger charge is 2.11. The summed E-state index contributed by atoms with van der Waals surface area (Å²) in [5.41, 5.74) is 0. The standard InChI is InChI=1S/C11H19NO2S2/c1-3-10(11-6-5-8-15-11)12-7-9-16(13,14)4-2/h5-6,8,10,12H,3-4,7,9H2,1-2H3. The molecule has 0 amide bonds. The normalized spacial score (nSPS) is 13.9. The van der Waals surface area contributed by atoms with Gasteiger partial charge in [-0.05, 0) is 17.9 Å². The van der Waals surface area contributed by atoms with E-state index in [1.165, 1.54) is 4.88 Å². The lowest BCUT2D eigenvalue weighted by Crippen LogP contribution is -2.27. The molecule has 0 aliphatic carbocycles. The van der Waals surface area contributed by atoms with E-state index in [0.29, 0.717) is 6.54 Å². The minimum absolute atomic E-state index is 0.227. The molecular formula is C11H19NO2S2. The lowest BCUT2D eigenvalue weighted by atomic mass is 10.2. The molecule has 1 unspecified atom stereocenters. The van der Waals surface area contributed by atoms with Crippen LogP contribution in [0.25, 0.3) is 0 Å². The summed E-state index contributed by atoms with van der Waals surface area (Å²) in [6, 6.07) is 4.39. The Bertz CT molecular complexity index is 384. The van der Waals surface area contributed by atoms with E-state index >= 15 is 0 Å². The Balaban J connectivity index is 2.42. The van der Waals surface area contributed by atoms with Crippen LogP contribution in [0.2, 0.25) is 0 Å². The third-order valence-corrected chi connectivity index (χ3v) is 5.23. The van der Waals surface area contributed by atoms with Crippen LogP contribution in [0.5, 0.6) is 0 Å². The average molecular weight is 261 g/mol. The SMILES string of the molecule is CCC(NCCS(=O)(=O)CC)c1cccs1. The molecule has 1 aromatic rings. The second-order valence-electron chi connectivity index (χ2n) is 3.67. The molecular weight excluding hydrogens is 242 g/mol. The molecule has 92 valence electrons. The number of thiophene rings is 1. The molecule has 5 heteroatoms. The van der Waals surface area contributed by atoms with Gasteiger partial charge in [0.2, 0.25) is 0 Å². The quantitative estimate of drug-likeness (QED) is 0.818. The molecule has 3 nitrogen and oxygen atoms in total. The maximum Gasteiger partial charge on any atom is 0.151 e. The Kier molecular flexibility index (Phi) is 5.44. The fraction of sp³-hybridized carbons (Fsp3) is 0.636. The number of nitrogens with one attached hydrogen (secondary N) is 1. The molecule has 0 saturated heterocycles. The first-order chi connectivity index (χ1) is 7.59. The van der Waals surface area contributed by atoms with E-state index in [2.05, 4.69) is 18.3 Å². The van der Waals surface area contributed by atoms with Gasteiger partial charge < -0.3 is 5.32 Å². The molecule has 1 aromatic heterocycles. The van der Waals surface area contributed by atoms with Gasteiger partial charge in [-0.1, -0.05) is 19.9 Å². The summed E-state index contributed by atoms with van der Waals surface area (Å²) in [6.45, 7) is 4.32. The summed E-state index contributed by atoms with van der Waals surface area (Å²) in [5, 5.41) is 5.34. The van der Waals surface area contributed by atoms with Gasteiger partial charge >= 0.3 is 0 Å². The topological polar surface area (TPSA) is 46.2 Å². The molecule has 16 heavy (non-hydrogen) atoms. The number of hydrogen-bond donors (Lipinski definition) is 1. The highest BCUT2D eigenvalue weighted by molar-refractivity contribution is 7.91. The smallest absolute Gasteiger partial charge is 0.151 e. The average Bonchev–Trinajstić information content (AvgIpc) is 2.78. The van der Waals surface area contributed by atoms with Crippen molar-refractivity contribution >= 4 is 21.2 Å². The van der Waals surface area contributed by atoms with Crippen LogP contribution in [-0.2, 0) is 9.84 Å². The van der Waals surface area contributed by atoms with Crippen LogP contribution in [0.3, 0.4) is 0 Å². The van der Waals surface area contributed by atoms with Gasteiger partial charge in [0.05, 0.1) is 5.75 Å². The van der Waals surface area contributed by atoms with Crippen molar-refractivity contribution in [3.05, 3.63) is 22.4 Å². The van der Waals surface area contributed by atoms with Crippen molar-refractivity contribution in [2.75, 3.05) is 18.1 Å². The van der Waals surface area contributed by atoms with Gasteiger partial charge in [-0.25, -0.2) is 8.42 Å². The third-order valence-electron chi connectivity index (χ3n) is 2.54. The first kappa shape index (κ1) is 13.7. The van der Waals surface area contributed by atoms with Crippen molar-refractivity contribution < 1.29 is 8.42 Å². The monoisotopic (exact) mass is 261 g/mol. The van der Waals surface area contributed by atoms with Crippen LogP contribution in [0, 0.1) is 0 Å². The number of rotatable bonds is 7. The van der Waals surface area contributed by atoms with E-state index in [1.54, 1.807) is 18.3 Å². The molecule has 1 heterocycles. The minimum atomic E-state index is -2.85. The molecule has 0 bridgehead atoms. The maximum absolute atomic E-state index is 11.3. The molecule has 0 radical (unpaired) electrons. The van der Waals surface area contributed by atoms with Crippen LogP contribution in [-0.4, -0.2) is 26.5 Å². The zero-order valence-corrected chi connectivity index (χ0v) is 11.4. The summed E-state index contributed by atoms with van der Waals surface area (Å²) in [6.07, 6.45) is 0.979. The summed E-state index contributed by atoms with van der Waals surface area (Å²) in [7, 11) is -2.85. The predicted octanol–water partition coefficient (Wildman–Crippen LogP) is 2.22. The van der Waals surface area contributed by atoms with E-state index in [4.69, 9.17) is 0 Å². The van der Waals surface area contributed by atoms with E-state index < -0.39 is 9.84 Å². The van der Waals surface area contributed by atoms with Crippen molar-refractivity contribution in [3.63, 3.8) is 0 Å². The van der Waals surface area contributed by atoms with Crippen molar-refractivity contribution in [3.8, 4) is 0 Å². The van der Waals surface area contributed by atoms with Crippen LogP contribution in [0.15, 0.2) is 17.5 Å². The fourth-order valence-corrected chi connectivity index (χ4v) is 3.07. The van der Waals surface area contributed by atoms with Crippen LogP contribution < -0.4 is 5.32 Å². The van der Waals surface area contributed by atoms with Crippen molar-refractivity contribution in [2.24, 2.45) is 0 Å². The van der Waals surface area contributed by atoms with Gasteiger partial charge in [-0.3, -0.25) is 0 Å². The zero-order valence-electron chi connectivity index (χ0n) is 9.77. The van der Waals surface area contributed by atoms with Crippen molar-refractivity contribution in [1.82, 2.24) is 5.32 Å². The Morgan fingerprint density at radius 2 is 2.19 bits per heavy atom. The van der Waals surface area contributed by atoms with Crippen molar-refractivity contribution in [1.29, 1.82) is 0 Å². The largest absolute Gasteiger partial charge is 0.308 e. The fourth-order valence-electron chi connectivity index (χ4n) is 1.47. The summed E-state index contributed by atoms with van der Waals surface area (Å²) in [4.78, 5) is 1.27. The molecule has 0 fully saturated rings. The van der Waals surface area contributed by atoms with Crippen molar-refractivity contribution in [2.45, 2.75) is 26.3 Å². The van der Waals surface area contributed by atoms with Gasteiger partial charge in [-0.2, -0.15) is 0 Å². The molecule has 0 aromatic carbocycles. The first-order valence-electron chi connectivity index (χ1n) is 5.56. The van der Waals surface area contributed by atoms with Gasteiger partial charge in [0.1, 0.15) is 0 Å². The molecule has 1 N–H and O–H groups in total. The lowest BCUT2D eigenvalue weighted by molar-refractivity contribution is 0.538. The molecule has 0 aliphatic heterocycles. The van der Waals surface area contributed by atoms with E-state index in [0.717, 1.165) is 6.42 Å². The van der Waals surface area contributed by atoms with Gasteiger partial charge in [0, 0.05) is 23.2 Å². The Labute approximate surface area is 102 Å². The zero-order chi connectivity index (χ0) is 12.0. The summed E-state index contributed by atoms with van der Waals surface area (Å²) < 4.78 is 22.6. The minimum Gasteiger partial charge on any atom is -0.308 e. The Morgan fingerprint density at radius 1 is 1.44 bits per heavy atom. The summed E-state index contributed by atoms with van der Waals surface area (Å²) in [5.74, 6) is 0.454. The first-order valence-corrected chi connectivity index (χ1v) is 8.26. The van der Waals surface area contributed by atoms with Crippen LogP contribution in [0.4, 0.5) is 0 Å². The highest BCUT2D eigenvalue weighted by Crippen LogP contribution is 2.21. The molecule has 1 rings (SSSR count). The van der Waals surface area contributed by atoms with Crippen LogP contribution in [0.1, 0.15) is 31.2 Å². The Hall–Kier alpha value is -0.390.